The zero-order valence-corrected chi connectivity index (χ0v) is 20.5. The summed E-state index contributed by atoms with van der Waals surface area (Å²) in [4.78, 5) is 9.26. The highest BCUT2D eigenvalue weighted by Gasteiger charge is 2.19. The van der Waals surface area contributed by atoms with E-state index in [-0.39, 0.29) is 18.5 Å². The van der Waals surface area contributed by atoms with Crippen molar-refractivity contribution in [1.29, 1.82) is 0 Å². The van der Waals surface area contributed by atoms with Crippen molar-refractivity contribution >= 4 is 16.7 Å². The molecule has 0 unspecified atom stereocenters. The van der Waals surface area contributed by atoms with E-state index >= 15 is 0 Å². The van der Waals surface area contributed by atoms with Gasteiger partial charge in [-0.05, 0) is 67.9 Å². The third-order valence-electron chi connectivity index (χ3n) is 6.27. The van der Waals surface area contributed by atoms with Crippen molar-refractivity contribution in [3.8, 4) is 41.0 Å². The first-order valence-corrected chi connectivity index (χ1v) is 12.0. The molecular formula is C29H27FN4O3. The standard InChI is InChI=1S/C29H27FN4O3/c1-3-19-14-20(7-8-25(19)36-17-18-5-4-6-21(30)13-18)29-33-24-16-26(35-2)27(15-23(24)28(31)34-29)37-22-9-11-32-12-10-22/h1,4-8,13-16,22,32H,9-12,17H2,2H3,(H2,31,33,34). The molecule has 0 atom stereocenters. The van der Waals surface area contributed by atoms with Crippen molar-refractivity contribution in [3.63, 3.8) is 0 Å². The SMILES string of the molecule is C#Cc1cc(-c2nc(N)c3cc(OC4CCNCC4)c(OC)cc3n2)ccc1OCc1cccc(F)c1. The third kappa shape index (κ3) is 5.42. The molecular weight excluding hydrogens is 471 g/mol. The zero-order valence-electron chi connectivity index (χ0n) is 20.5. The normalized spacial score (nSPS) is 13.8. The number of terminal acetylenes is 1. The monoisotopic (exact) mass is 498 g/mol. The van der Waals surface area contributed by atoms with E-state index in [4.69, 9.17) is 31.4 Å². The number of anilines is 1. The number of rotatable bonds is 7. The summed E-state index contributed by atoms with van der Waals surface area (Å²) in [6.07, 6.45) is 7.71. The number of nitrogens with one attached hydrogen (secondary N) is 1. The lowest BCUT2D eigenvalue weighted by Gasteiger charge is -2.25. The Morgan fingerprint density at radius 1 is 1.05 bits per heavy atom. The van der Waals surface area contributed by atoms with Gasteiger partial charge in [0, 0.05) is 17.0 Å². The minimum Gasteiger partial charge on any atom is -0.493 e. The molecule has 3 aromatic carbocycles. The molecule has 0 radical (unpaired) electrons. The van der Waals surface area contributed by atoms with E-state index in [9.17, 15) is 4.39 Å². The number of nitrogens with zero attached hydrogens (tertiary/aromatic N) is 2. The van der Waals surface area contributed by atoms with Crippen molar-refractivity contribution in [2.24, 2.45) is 0 Å². The molecule has 3 N–H and O–H groups in total. The van der Waals surface area contributed by atoms with E-state index in [0.717, 1.165) is 25.9 Å². The Balaban J connectivity index is 1.43. The van der Waals surface area contributed by atoms with Gasteiger partial charge in [-0.15, -0.1) is 6.42 Å². The van der Waals surface area contributed by atoms with Crippen LogP contribution in [0, 0.1) is 18.2 Å². The van der Waals surface area contributed by atoms with Crippen LogP contribution in [0.4, 0.5) is 10.2 Å². The molecule has 1 aromatic heterocycles. The molecule has 8 heteroatoms. The molecule has 4 aromatic rings. The van der Waals surface area contributed by atoms with Gasteiger partial charge in [-0.2, -0.15) is 0 Å². The highest BCUT2D eigenvalue weighted by Crippen LogP contribution is 2.36. The Bertz CT molecular complexity index is 1480. The molecule has 2 heterocycles. The number of nitrogens with two attached hydrogens (primary N) is 1. The fourth-order valence-electron chi connectivity index (χ4n) is 4.33. The topological polar surface area (TPSA) is 91.5 Å². The minimum absolute atomic E-state index is 0.109. The third-order valence-corrected chi connectivity index (χ3v) is 6.27. The van der Waals surface area contributed by atoms with Crippen LogP contribution in [-0.4, -0.2) is 36.3 Å². The quantitative estimate of drug-likeness (QED) is 0.356. The number of methoxy groups -OCH3 is 1. The second-order valence-electron chi connectivity index (χ2n) is 8.79. The van der Waals surface area contributed by atoms with Crippen molar-refractivity contribution in [1.82, 2.24) is 15.3 Å². The Kier molecular flexibility index (Phi) is 7.06. The average Bonchev–Trinajstić information content (AvgIpc) is 2.92. The Morgan fingerprint density at radius 3 is 2.65 bits per heavy atom. The number of piperidine rings is 1. The maximum atomic E-state index is 13.5. The van der Waals surface area contributed by atoms with Crippen LogP contribution in [0.15, 0.2) is 54.6 Å². The number of nitrogen functional groups attached to an aromatic ring is 1. The van der Waals surface area contributed by atoms with E-state index < -0.39 is 0 Å². The summed E-state index contributed by atoms with van der Waals surface area (Å²) < 4.78 is 31.1. The minimum atomic E-state index is -0.318. The summed E-state index contributed by atoms with van der Waals surface area (Å²) in [6.45, 7) is 2.03. The zero-order chi connectivity index (χ0) is 25.8. The summed E-state index contributed by atoms with van der Waals surface area (Å²) >= 11 is 0. The van der Waals surface area contributed by atoms with Crippen LogP contribution in [0.2, 0.25) is 0 Å². The van der Waals surface area contributed by atoms with Gasteiger partial charge in [0.25, 0.3) is 0 Å². The fourth-order valence-corrected chi connectivity index (χ4v) is 4.33. The number of hydrogen-bond donors (Lipinski definition) is 2. The molecule has 188 valence electrons. The first kappa shape index (κ1) is 24.3. The molecule has 0 aliphatic carbocycles. The van der Waals surface area contributed by atoms with Crippen LogP contribution in [0.5, 0.6) is 17.2 Å². The smallest absolute Gasteiger partial charge is 0.162 e. The Hall–Kier alpha value is -4.35. The van der Waals surface area contributed by atoms with Gasteiger partial charge < -0.3 is 25.3 Å². The van der Waals surface area contributed by atoms with Crippen molar-refractivity contribution in [2.75, 3.05) is 25.9 Å². The van der Waals surface area contributed by atoms with Crippen LogP contribution in [0.3, 0.4) is 0 Å². The molecule has 0 amide bonds. The van der Waals surface area contributed by atoms with Gasteiger partial charge in [-0.3, -0.25) is 0 Å². The molecule has 0 bridgehead atoms. The number of aromatic nitrogens is 2. The predicted octanol–water partition coefficient (Wildman–Crippen LogP) is 4.72. The van der Waals surface area contributed by atoms with Gasteiger partial charge in [0.1, 0.15) is 30.1 Å². The molecule has 1 aliphatic rings. The summed E-state index contributed by atoms with van der Waals surface area (Å²) in [6, 6.07) is 15.2. The lowest BCUT2D eigenvalue weighted by Crippen LogP contribution is -2.34. The van der Waals surface area contributed by atoms with Gasteiger partial charge in [-0.25, -0.2) is 14.4 Å². The van der Waals surface area contributed by atoms with Crippen LogP contribution in [0.25, 0.3) is 22.3 Å². The number of halogens is 1. The molecule has 1 fully saturated rings. The average molecular weight is 499 g/mol. The van der Waals surface area contributed by atoms with Crippen molar-refractivity contribution < 1.29 is 18.6 Å². The van der Waals surface area contributed by atoms with E-state index in [1.54, 1.807) is 31.4 Å². The van der Waals surface area contributed by atoms with Crippen molar-refractivity contribution in [2.45, 2.75) is 25.6 Å². The van der Waals surface area contributed by atoms with E-state index in [2.05, 4.69) is 16.2 Å². The second kappa shape index (κ2) is 10.7. The van der Waals surface area contributed by atoms with Crippen LogP contribution < -0.4 is 25.3 Å². The number of hydrogen-bond acceptors (Lipinski definition) is 7. The largest absolute Gasteiger partial charge is 0.493 e. The predicted molar refractivity (Wildman–Crippen MR) is 141 cm³/mol. The molecule has 1 aliphatic heterocycles. The molecule has 5 rings (SSSR count). The van der Waals surface area contributed by atoms with Crippen LogP contribution in [-0.2, 0) is 6.61 Å². The van der Waals surface area contributed by atoms with Gasteiger partial charge in [0.05, 0.1) is 18.2 Å². The summed E-state index contributed by atoms with van der Waals surface area (Å²) in [5, 5.41) is 4.01. The number of benzene rings is 3. The molecule has 1 saturated heterocycles. The van der Waals surface area contributed by atoms with Gasteiger partial charge in [-0.1, -0.05) is 18.1 Å². The maximum absolute atomic E-state index is 13.5. The number of ether oxygens (including phenoxy) is 3. The summed E-state index contributed by atoms with van der Waals surface area (Å²) in [7, 11) is 1.60. The van der Waals surface area contributed by atoms with Gasteiger partial charge in [0.15, 0.2) is 17.3 Å². The van der Waals surface area contributed by atoms with Gasteiger partial charge >= 0.3 is 0 Å². The second-order valence-corrected chi connectivity index (χ2v) is 8.79. The number of fused-ring (bicyclic) bond motifs is 1. The summed E-state index contributed by atoms with van der Waals surface area (Å²) in [5.74, 6) is 4.79. The van der Waals surface area contributed by atoms with Gasteiger partial charge in [0.2, 0.25) is 0 Å². The summed E-state index contributed by atoms with van der Waals surface area (Å²) in [5.41, 5.74) is 8.91. The van der Waals surface area contributed by atoms with Crippen molar-refractivity contribution in [3.05, 3.63) is 71.5 Å². The Morgan fingerprint density at radius 2 is 1.89 bits per heavy atom. The maximum Gasteiger partial charge on any atom is 0.162 e. The lowest BCUT2D eigenvalue weighted by atomic mass is 10.1. The Labute approximate surface area is 214 Å². The highest BCUT2D eigenvalue weighted by molar-refractivity contribution is 5.92. The van der Waals surface area contributed by atoms with E-state index in [1.165, 1.54) is 12.1 Å². The lowest BCUT2D eigenvalue weighted by molar-refractivity contribution is 0.157. The molecule has 0 spiro atoms. The van der Waals surface area contributed by atoms with Crippen LogP contribution >= 0.6 is 0 Å². The van der Waals surface area contributed by atoms with E-state index in [1.807, 2.05) is 18.2 Å². The fraction of sp³-hybridized carbons (Fsp3) is 0.241. The van der Waals surface area contributed by atoms with E-state index in [0.29, 0.717) is 56.5 Å². The molecule has 0 saturated carbocycles. The molecule has 7 nitrogen and oxygen atoms in total. The first-order chi connectivity index (χ1) is 18.0. The van der Waals surface area contributed by atoms with Crippen LogP contribution in [0.1, 0.15) is 24.0 Å². The molecule has 37 heavy (non-hydrogen) atoms. The first-order valence-electron chi connectivity index (χ1n) is 12.0. The highest BCUT2D eigenvalue weighted by atomic mass is 19.1.